The molecule has 0 radical (unpaired) electrons. The number of hydrogen-bond donors (Lipinski definition) is 2. The maximum Gasteiger partial charge on any atom is 0.236 e. The highest BCUT2D eigenvalue weighted by molar-refractivity contribution is 7.90. The number of sulfonamides is 1. The molecule has 2 atom stereocenters. The van der Waals surface area contributed by atoms with Gasteiger partial charge < -0.3 is 5.32 Å². The van der Waals surface area contributed by atoms with Gasteiger partial charge in [-0.05, 0) is 25.1 Å². The summed E-state index contributed by atoms with van der Waals surface area (Å²) < 4.78 is 51.0. The Bertz CT molecular complexity index is 634. The third-order valence-electron chi connectivity index (χ3n) is 3.15. The summed E-state index contributed by atoms with van der Waals surface area (Å²) in [4.78, 5) is 11.5. The fraction of sp³-hybridized carbons (Fsp3) is 0.417. The molecule has 1 saturated carbocycles. The Balaban J connectivity index is 1.96. The summed E-state index contributed by atoms with van der Waals surface area (Å²) in [5, 5.41) is 2.49. The molecule has 1 aliphatic carbocycles. The minimum absolute atomic E-state index is 0.201. The van der Waals surface area contributed by atoms with E-state index in [1.54, 1.807) is 0 Å². The van der Waals surface area contributed by atoms with Crippen molar-refractivity contribution < 1.29 is 22.0 Å². The average molecular weight is 304 g/mol. The highest BCUT2D eigenvalue weighted by Gasteiger charge is 2.41. The van der Waals surface area contributed by atoms with Gasteiger partial charge >= 0.3 is 0 Å². The second-order valence-corrected chi connectivity index (χ2v) is 6.55. The van der Waals surface area contributed by atoms with Crippen molar-refractivity contribution in [2.24, 2.45) is 0 Å². The fourth-order valence-electron chi connectivity index (χ4n) is 2.00. The van der Waals surface area contributed by atoms with Gasteiger partial charge in [-0.2, -0.15) is 0 Å². The Morgan fingerprint density at radius 2 is 2.10 bits per heavy atom. The van der Waals surface area contributed by atoms with Gasteiger partial charge in [0.2, 0.25) is 15.9 Å². The maximum atomic E-state index is 13.5. The first-order chi connectivity index (χ1) is 9.34. The molecule has 1 fully saturated rings. The van der Waals surface area contributed by atoms with E-state index < -0.39 is 33.3 Å². The van der Waals surface area contributed by atoms with Crippen molar-refractivity contribution in [3.63, 3.8) is 0 Å². The monoisotopic (exact) mass is 304 g/mol. The van der Waals surface area contributed by atoms with Gasteiger partial charge in [0, 0.05) is 12.0 Å². The molecule has 1 aromatic carbocycles. The quantitative estimate of drug-likeness (QED) is 0.831. The molecule has 0 saturated heterocycles. The summed E-state index contributed by atoms with van der Waals surface area (Å²) in [5.41, 5.74) is 0.201. The fourth-order valence-corrected chi connectivity index (χ4v) is 2.57. The lowest BCUT2D eigenvalue weighted by atomic mass is 10.1. The summed E-state index contributed by atoms with van der Waals surface area (Å²) in [6.07, 6.45) is 0.464. The molecular weight excluding hydrogens is 290 g/mol. The van der Waals surface area contributed by atoms with E-state index in [2.05, 4.69) is 5.32 Å². The van der Waals surface area contributed by atoms with Crippen LogP contribution in [-0.4, -0.2) is 33.2 Å². The van der Waals surface area contributed by atoms with Gasteiger partial charge in [0.05, 0.1) is 0 Å². The van der Waals surface area contributed by atoms with Gasteiger partial charge in [0.1, 0.15) is 5.75 Å². The lowest BCUT2D eigenvalue weighted by Crippen LogP contribution is -2.36. The van der Waals surface area contributed by atoms with Crippen LogP contribution in [0.3, 0.4) is 0 Å². The Morgan fingerprint density at radius 1 is 1.40 bits per heavy atom. The number of benzene rings is 1. The van der Waals surface area contributed by atoms with Gasteiger partial charge in [0.25, 0.3) is 0 Å². The SMILES string of the molecule is CNS(=O)(=O)CC(=O)N[C@H]1C[C@H]1c1cccc(F)c1F. The van der Waals surface area contributed by atoms with Crippen LogP contribution in [0.1, 0.15) is 17.9 Å². The molecule has 0 bridgehead atoms. The lowest BCUT2D eigenvalue weighted by Gasteiger charge is -2.06. The first kappa shape index (κ1) is 14.9. The number of rotatable bonds is 5. The zero-order chi connectivity index (χ0) is 14.9. The van der Waals surface area contributed by atoms with E-state index >= 15 is 0 Å². The predicted octanol–water partition coefficient (Wildman–Crippen LogP) is 0.486. The molecule has 0 unspecified atom stereocenters. The molecule has 2 rings (SSSR count). The number of nitrogens with one attached hydrogen (secondary N) is 2. The smallest absolute Gasteiger partial charge is 0.236 e. The molecule has 1 amide bonds. The summed E-state index contributed by atoms with van der Waals surface area (Å²) in [6.45, 7) is 0. The lowest BCUT2D eigenvalue weighted by molar-refractivity contribution is -0.118. The number of carbonyl (C=O) groups is 1. The van der Waals surface area contributed by atoms with E-state index in [4.69, 9.17) is 0 Å². The third-order valence-corrected chi connectivity index (χ3v) is 4.41. The summed E-state index contributed by atoms with van der Waals surface area (Å²) >= 11 is 0. The minimum atomic E-state index is -3.63. The maximum absolute atomic E-state index is 13.5. The second kappa shape index (κ2) is 5.45. The Kier molecular flexibility index (Phi) is 4.05. The van der Waals surface area contributed by atoms with Crippen molar-refractivity contribution in [2.75, 3.05) is 12.8 Å². The highest BCUT2D eigenvalue weighted by atomic mass is 32.2. The molecule has 110 valence electrons. The molecule has 1 aromatic rings. The van der Waals surface area contributed by atoms with Crippen LogP contribution in [-0.2, 0) is 14.8 Å². The molecule has 1 aliphatic rings. The largest absolute Gasteiger partial charge is 0.352 e. The Labute approximate surface area is 115 Å². The van der Waals surface area contributed by atoms with E-state index in [0.717, 1.165) is 6.07 Å². The van der Waals surface area contributed by atoms with Crippen molar-refractivity contribution >= 4 is 15.9 Å². The van der Waals surface area contributed by atoms with Crippen LogP contribution in [0.2, 0.25) is 0 Å². The molecule has 8 heteroatoms. The zero-order valence-electron chi connectivity index (χ0n) is 10.7. The molecule has 0 aromatic heterocycles. The van der Waals surface area contributed by atoms with Crippen LogP contribution < -0.4 is 10.0 Å². The Hall–Kier alpha value is -1.54. The minimum Gasteiger partial charge on any atom is -0.352 e. The summed E-state index contributed by atoms with van der Waals surface area (Å²) in [7, 11) is -2.42. The highest BCUT2D eigenvalue weighted by Crippen LogP contribution is 2.42. The molecule has 0 spiro atoms. The van der Waals surface area contributed by atoms with Gasteiger partial charge in [-0.1, -0.05) is 12.1 Å². The normalized spacial score (nSPS) is 21.6. The molecule has 5 nitrogen and oxygen atoms in total. The van der Waals surface area contributed by atoms with Crippen LogP contribution >= 0.6 is 0 Å². The molecule has 2 N–H and O–H groups in total. The van der Waals surface area contributed by atoms with E-state index in [-0.39, 0.29) is 17.5 Å². The number of amides is 1. The van der Waals surface area contributed by atoms with Gasteiger partial charge in [-0.3, -0.25) is 4.79 Å². The van der Waals surface area contributed by atoms with E-state index in [1.807, 2.05) is 4.72 Å². The van der Waals surface area contributed by atoms with Crippen LogP contribution in [0.15, 0.2) is 18.2 Å². The average Bonchev–Trinajstić information content (AvgIpc) is 3.11. The first-order valence-corrected chi connectivity index (χ1v) is 7.64. The van der Waals surface area contributed by atoms with Crippen molar-refractivity contribution in [3.8, 4) is 0 Å². The number of halogens is 2. The van der Waals surface area contributed by atoms with Crippen molar-refractivity contribution in [2.45, 2.75) is 18.4 Å². The summed E-state index contributed by atoms with van der Waals surface area (Å²) in [5.74, 6) is -3.51. The molecule has 20 heavy (non-hydrogen) atoms. The topological polar surface area (TPSA) is 75.3 Å². The van der Waals surface area contributed by atoms with Crippen molar-refractivity contribution in [1.82, 2.24) is 10.0 Å². The van der Waals surface area contributed by atoms with Gasteiger partial charge in [-0.25, -0.2) is 21.9 Å². The molecule has 0 heterocycles. The second-order valence-electron chi connectivity index (χ2n) is 4.62. The summed E-state index contributed by atoms with van der Waals surface area (Å²) in [6, 6.07) is 3.52. The van der Waals surface area contributed by atoms with E-state index in [1.165, 1.54) is 19.2 Å². The van der Waals surface area contributed by atoms with Crippen molar-refractivity contribution in [3.05, 3.63) is 35.4 Å². The van der Waals surface area contributed by atoms with Crippen LogP contribution in [0.5, 0.6) is 0 Å². The van der Waals surface area contributed by atoms with Gasteiger partial charge in [-0.15, -0.1) is 0 Å². The Morgan fingerprint density at radius 3 is 2.75 bits per heavy atom. The van der Waals surface area contributed by atoms with Crippen molar-refractivity contribution in [1.29, 1.82) is 0 Å². The van der Waals surface area contributed by atoms with E-state index in [9.17, 15) is 22.0 Å². The molecular formula is C12H14F2N2O3S. The van der Waals surface area contributed by atoms with Crippen LogP contribution in [0, 0.1) is 11.6 Å². The predicted molar refractivity (Wildman–Crippen MR) is 68.5 cm³/mol. The zero-order valence-corrected chi connectivity index (χ0v) is 11.5. The number of hydrogen-bond acceptors (Lipinski definition) is 3. The van der Waals surface area contributed by atoms with E-state index in [0.29, 0.717) is 6.42 Å². The van der Waals surface area contributed by atoms with Crippen LogP contribution in [0.4, 0.5) is 8.78 Å². The number of carbonyl (C=O) groups excluding carboxylic acids is 1. The first-order valence-electron chi connectivity index (χ1n) is 5.98. The third kappa shape index (κ3) is 3.31. The standard InChI is InChI=1S/C12H14F2N2O3S/c1-15-20(18,19)6-11(17)16-10-5-8(10)7-3-2-4-9(13)12(7)14/h2-4,8,10,15H,5-6H2,1H3,(H,16,17)/t8-,10-/m0/s1. The van der Waals surface area contributed by atoms with Crippen LogP contribution in [0.25, 0.3) is 0 Å². The van der Waals surface area contributed by atoms with Gasteiger partial charge in [0.15, 0.2) is 11.6 Å². The molecule has 0 aliphatic heterocycles.